The molecule has 10 heteroatoms. The second-order valence-corrected chi connectivity index (χ2v) is 7.41. The number of halogens is 2. The fourth-order valence-corrected chi connectivity index (χ4v) is 3.36. The Balaban J connectivity index is 2.40. The van der Waals surface area contributed by atoms with Crippen molar-refractivity contribution in [1.82, 2.24) is 10.6 Å². The number of alkyl carbamates (subject to hydrolysis) is 1. The predicted octanol–water partition coefficient (Wildman–Crippen LogP) is 2.49. The molecule has 33 heavy (non-hydrogen) atoms. The first kappa shape index (κ1) is 25.7. The van der Waals surface area contributed by atoms with Crippen LogP contribution >= 0.6 is 0 Å². The van der Waals surface area contributed by atoms with Crippen LogP contribution in [0.25, 0.3) is 0 Å². The van der Waals surface area contributed by atoms with Crippen LogP contribution in [0.5, 0.6) is 0 Å². The van der Waals surface area contributed by atoms with Crippen molar-refractivity contribution in [2.24, 2.45) is 5.73 Å². The Morgan fingerprint density at radius 1 is 1.00 bits per heavy atom. The van der Waals surface area contributed by atoms with Crippen molar-refractivity contribution >= 4 is 18.0 Å². The molecule has 0 spiro atoms. The molecule has 0 aromatic heterocycles. The van der Waals surface area contributed by atoms with Gasteiger partial charge in [0.2, 0.25) is 5.91 Å². The van der Waals surface area contributed by atoms with Crippen molar-refractivity contribution in [3.8, 4) is 0 Å². The zero-order valence-corrected chi connectivity index (χ0v) is 18.0. The lowest BCUT2D eigenvalue weighted by molar-refractivity contribution is -0.142. The summed E-state index contributed by atoms with van der Waals surface area (Å²) in [7, 11) is 1.12. The van der Waals surface area contributed by atoms with Gasteiger partial charge in [0.1, 0.15) is 12.1 Å². The van der Waals surface area contributed by atoms with Crippen LogP contribution in [0, 0.1) is 0 Å². The van der Waals surface area contributed by atoms with E-state index in [1.54, 1.807) is 60.7 Å². The van der Waals surface area contributed by atoms with Crippen molar-refractivity contribution in [1.29, 1.82) is 0 Å². The number of carboxylic acid groups (broad SMARTS) is 1. The van der Waals surface area contributed by atoms with Crippen LogP contribution in [-0.2, 0) is 14.3 Å². The van der Waals surface area contributed by atoms with E-state index in [0.717, 1.165) is 7.11 Å². The fourth-order valence-electron chi connectivity index (χ4n) is 3.36. The Kier molecular flexibility index (Phi) is 9.29. The number of nitrogens with two attached hydrogens (primary N) is 1. The van der Waals surface area contributed by atoms with Gasteiger partial charge in [0.25, 0.3) is 5.92 Å². The highest BCUT2D eigenvalue weighted by molar-refractivity contribution is 5.90. The third-order valence-corrected chi connectivity index (χ3v) is 5.10. The van der Waals surface area contributed by atoms with Crippen LogP contribution in [0.4, 0.5) is 13.6 Å². The molecule has 2 rings (SSSR count). The van der Waals surface area contributed by atoms with Gasteiger partial charge in [0.15, 0.2) is 0 Å². The molecule has 2 aromatic rings. The first-order chi connectivity index (χ1) is 15.7. The third kappa shape index (κ3) is 7.53. The van der Waals surface area contributed by atoms with Gasteiger partial charge in [-0.25, -0.2) is 18.4 Å². The van der Waals surface area contributed by atoms with Crippen LogP contribution in [0.15, 0.2) is 60.7 Å². The smallest absolute Gasteiger partial charge is 0.407 e. The Morgan fingerprint density at radius 2 is 1.52 bits per heavy atom. The van der Waals surface area contributed by atoms with Crippen LogP contribution in [0.2, 0.25) is 0 Å². The largest absolute Gasteiger partial charge is 0.480 e. The topological polar surface area (TPSA) is 131 Å². The SMILES string of the molecule is COC(=O)N[C@H](C(=O)N[C@@H](CCC(F)(F)CN)C(=O)O)C(c1ccccc1)c1ccccc1. The van der Waals surface area contributed by atoms with Crippen LogP contribution < -0.4 is 16.4 Å². The van der Waals surface area contributed by atoms with Crippen molar-refractivity contribution in [3.63, 3.8) is 0 Å². The summed E-state index contributed by atoms with van der Waals surface area (Å²) in [4.78, 5) is 36.9. The molecule has 0 saturated carbocycles. The second kappa shape index (κ2) is 11.9. The van der Waals surface area contributed by atoms with Crippen LogP contribution in [-0.4, -0.2) is 54.7 Å². The number of alkyl halides is 2. The van der Waals surface area contributed by atoms with Gasteiger partial charge in [-0.2, -0.15) is 0 Å². The number of hydrogen-bond donors (Lipinski definition) is 4. The highest BCUT2D eigenvalue weighted by Crippen LogP contribution is 2.29. The first-order valence-electron chi connectivity index (χ1n) is 10.2. The number of aliphatic carboxylic acids is 1. The van der Waals surface area contributed by atoms with Gasteiger partial charge < -0.3 is 26.2 Å². The Hall–Kier alpha value is -3.53. The average molecular weight is 463 g/mol. The molecular weight excluding hydrogens is 436 g/mol. The van der Waals surface area contributed by atoms with Gasteiger partial charge in [0, 0.05) is 12.3 Å². The molecule has 0 aliphatic carbocycles. The number of hydrogen-bond acceptors (Lipinski definition) is 5. The number of rotatable bonds is 11. The van der Waals surface area contributed by atoms with E-state index in [1.165, 1.54) is 0 Å². The minimum Gasteiger partial charge on any atom is -0.480 e. The summed E-state index contributed by atoms with van der Waals surface area (Å²) in [6.07, 6.45) is -2.28. The Bertz CT molecular complexity index is 889. The molecule has 0 aliphatic heterocycles. The summed E-state index contributed by atoms with van der Waals surface area (Å²) in [5, 5.41) is 14.2. The van der Waals surface area contributed by atoms with Gasteiger partial charge >= 0.3 is 12.1 Å². The standard InChI is InChI=1S/C23H27F2N3O5/c1-33-22(32)28-19(20(29)27-17(21(30)31)12-13-23(24,25)14-26)18(15-8-4-2-5-9-15)16-10-6-3-7-11-16/h2-11,17-19H,12-14,26H2,1H3,(H,27,29)(H,28,32)(H,30,31)/t17-,19-/m0/s1. The quantitative estimate of drug-likeness (QED) is 0.405. The molecule has 0 bridgehead atoms. The van der Waals surface area contributed by atoms with Gasteiger partial charge in [-0.1, -0.05) is 60.7 Å². The molecule has 0 heterocycles. The second-order valence-electron chi connectivity index (χ2n) is 7.41. The minimum atomic E-state index is -3.27. The van der Waals surface area contributed by atoms with Gasteiger partial charge in [-0.15, -0.1) is 0 Å². The Morgan fingerprint density at radius 3 is 1.94 bits per heavy atom. The average Bonchev–Trinajstić information content (AvgIpc) is 2.82. The summed E-state index contributed by atoms with van der Waals surface area (Å²) < 4.78 is 31.8. The number of ether oxygens (including phenoxy) is 1. The first-order valence-corrected chi connectivity index (χ1v) is 10.2. The van der Waals surface area contributed by atoms with E-state index in [4.69, 9.17) is 5.73 Å². The predicted molar refractivity (Wildman–Crippen MR) is 117 cm³/mol. The van der Waals surface area contributed by atoms with Crippen molar-refractivity contribution in [2.75, 3.05) is 13.7 Å². The maximum absolute atomic E-state index is 13.6. The van der Waals surface area contributed by atoms with Gasteiger partial charge in [0.05, 0.1) is 13.7 Å². The van der Waals surface area contributed by atoms with Gasteiger partial charge in [-0.3, -0.25) is 4.79 Å². The molecule has 0 saturated heterocycles. The lowest BCUT2D eigenvalue weighted by atomic mass is 9.84. The molecule has 2 atom stereocenters. The van der Waals surface area contributed by atoms with E-state index in [1.807, 2.05) is 0 Å². The molecule has 8 nitrogen and oxygen atoms in total. The lowest BCUT2D eigenvalue weighted by Gasteiger charge is -2.29. The minimum absolute atomic E-state index is 0.544. The zero-order valence-electron chi connectivity index (χ0n) is 18.0. The monoisotopic (exact) mass is 463 g/mol. The number of carboxylic acids is 1. The van der Waals surface area contributed by atoms with E-state index in [0.29, 0.717) is 11.1 Å². The maximum atomic E-state index is 13.6. The molecule has 0 fully saturated rings. The van der Waals surface area contributed by atoms with E-state index in [2.05, 4.69) is 15.4 Å². The molecule has 0 unspecified atom stereocenters. The number of benzene rings is 2. The molecule has 5 N–H and O–H groups in total. The number of carbonyl (C=O) groups is 3. The highest BCUT2D eigenvalue weighted by atomic mass is 19.3. The number of amides is 2. The van der Waals surface area contributed by atoms with Crippen LogP contribution in [0.3, 0.4) is 0 Å². The number of nitrogens with one attached hydrogen (secondary N) is 2. The third-order valence-electron chi connectivity index (χ3n) is 5.10. The highest BCUT2D eigenvalue weighted by Gasteiger charge is 2.36. The van der Waals surface area contributed by atoms with Crippen molar-refractivity contribution in [2.45, 2.75) is 36.8 Å². The molecule has 2 amide bonds. The van der Waals surface area contributed by atoms with Gasteiger partial charge in [-0.05, 0) is 17.5 Å². The van der Waals surface area contributed by atoms with E-state index in [9.17, 15) is 28.3 Å². The van der Waals surface area contributed by atoms with E-state index < -0.39 is 61.3 Å². The number of methoxy groups -OCH3 is 1. The summed E-state index contributed by atoms with van der Waals surface area (Å²) in [6.45, 7) is -0.941. The van der Waals surface area contributed by atoms with Crippen LogP contribution in [0.1, 0.15) is 29.9 Å². The number of carbonyl (C=O) groups excluding carboxylic acids is 2. The van der Waals surface area contributed by atoms with Crippen molar-refractivity contribution in [3.05, 3.63) is 71.8 Å². The molecule has 0 radical (unpaired) electrons. The molecule has 178 valence electrons. The summed E-state index contributed by atoms with van der Waals surface area (Å²) >= 11 is 0. The maximum Gasteiger partial charge on any atom is 0.407 e. The fraction of sp³-hybridized carbons (Fsp3) is 0.348. The van der Waals surface area contributed by atoms with E-state index in [-0.39, 0.29) is 0 Å². The molecular formula is C23H27F2N3O5. The molecule has 0 aliphatic rings. The summed E-state index contributed by atoms with van der Waals surface area (Å²) in [5.74, 6) is -6.32. The zero-order chi connectivity index (χ0) is 24.4. The summed E-state index contributed by atoms with van der Waals surface area (Å²) in [6, 6.07) is 14.7. The van der Waals surface area contributed by atoms with E-state index >= 15 is 0 Å². The lowest BCUT2D eigenvalue weighted by Crippen LogP contribution is -2.54. The Labute approximate surface area is 190 Å². The normalized spacial score (nSPS) is 13.1. The molecule has 2 aromatic carbocycles. The summed E-state index contributed by atoms with van der Waals surface area (Å²) in [5.41, 5.74) is 6.35. The van der Waals surface area contributed by atoms with Crippen molar-refractivity contribution < 1.29 is 33.0 Å².